The van der Waals surface area contributed by atoms with Crippen molar-refractivity contribution in [3.05, 3.63) is 96.6 Å². The zero-order valence-electron chi connectivity index (χ0n) is 27.4. The van der Waals surface area contributed by atoms with Crippen LogP contribution in [0.2, 0.25) is 0 Å². The number of rotatable bonds is 9. The summed E-state index contributed by atoms with van der Waals surface area (Å²) in [7, 11) is 0. The number of nitrogens with zero attached hydrogens (tertiary/aromatic N) is 6. The summed E-state index contributed by atoms with van der Waals surface area (Å²) in [6, 6.07) is 7.51. The predicted octanol–water partition coefficient (Wildman–Crippen LogP) is 7.22. The van der Waals surface area contributed by atoms with E-state index in [4.69, 9.17) is 19.9 Å². The van der Waals surface area contributed by atoms with Crippen molar-refractivity contribution in [3.63, 3.8) is 0 Å². The molecule has 3 aromatic heterocycles. The van der Waals surface area contributed by atoms with Crippen LogP contribution in [0.15, 0.2) is 85.3 Å². The fraction of sp³-hybridized carbons (Fsp3) is 0.343. The Morgan fingerprint density at radius 3 is 2.53 bits per heavy atom. The molecule has 47 heavy (non-hydrogen) atoms. The summed E-state index contributed by atoms with van der Waals surface area (Å²) in [5, 5.41) is 0.740. The Labute approximate surface area is 273 Å². The number of nitrogen functional groups attached to an aromatic ring is 1. The van der Waals surface area contributed by atoms with Gasteiger partial charge in [-0.05, 0) is 65.2 Å². The van der Waals surface area contributed by atoms with E-state index in [1.807, 2.05) is 51.2 Å². The molecule has 1 fully saturated rings. The molecule has 2 N–H and O–H groups in total. The molecule has 0 aliphatic carbocycles. The van der Waals surface area contributed by atoms with Crippen molar-refractivity contribution in [1.82, 2.24) is 29.4 Å². The highest BCUT2D eigenvalue weighted by Gasteiger charge is 2.30. The number of fused-ring (bicyclic) bond motifs is 1. The molecule has 4 heterocycles. The van der Waals surface area contributed by atoms with Gasteiger partial charge in [0.05, 0.1) is 11.4 Å². The van der Waals surface area contributed by atoms with Crippen molar-refractivity contribution in [1.29, 1.82) is 0 Å². The summed E-state index contributed by atoms with van der Waals surface area (Å²) in [4.78, 5) is 31.8. The normalized spacial score (nSPS) is 15.9. The molecule has 0 saturated carbocycles. The van der Waals surface area contributed by atoms with E-state index >= 15 is 0 Å². The third kappa shape index (κ3) is 8.51. The smallest absolute Gasteiger partial charge is 0.410 e. The Bertz CT molecular complexity index is 1810. The van der Waals surface area contributed by atoms with Crippen molar-refractivity contribution in [2.45, 2.75) is 65.7 Å². The van der Waals surface area contributed by atoms with Crippen LogP contribution in [0.25, 0.3) is 22.2 Å². The minimum absolute atomic E-state index is 0.0133. The molecule has 1 amide bonds. The van der Waals surface area contributed by atoms with Gasteiger partial charge >= 0.3 is 6.09 Å². The van der Waals surface area contributed by atoms with Gasteiger partial charge in [-0.15, -0.1) is 0 Å². The monoisotopic (exact) mass is 641 g/mol. The summed E-state index contributed by atoms with van der Waals surface area (Å²) in [5.74, 6) is 1.65. The maximum absolute atomic E-state index is 13.7. The zero-order chi connectivity index (χ0) is 33.7. The van der Waals surface area contributed by atoms with Crippen molar-refractivity contribution < 1.29 is 23.4 Å². The summed E-state index contributed by atoms with van der Waals surface area (Å²) in [6.45, 7) is 13.7. The number of halogens is 1. The van der Waals surface area contributed by atoms with E-state index in [0.29, 0.717) is 41.9 Å². The molecule has 0 spiro atoms. The quantitative estimate of drug-likeness (QED) is 0.149. The molecular formula is C35H40FN7O4. The number of allylic oxidation sites excluding steroid dienone is 4. The lowest BCUT2D eigenvalue weighted by Gasteiger charge is -2.34. The topological polar surface area (TPSA) is 131 Å². The summed E-state index contributed by atoms with van der Waals surface area (Å²) >= 11 is 0. The molecule has 4 aromatic rings. The van der Waals surface area contributed by atoms with Gasteiger partial charge in [0.15, 0.2) is 0 Å². The number of aromatic nitrogens is 5. The summed E-state index contributed by atoms with van der Waals surface area (Å²) < 4.78 is 33.2. The third-order valence-corrected chi connectivity index (χ3v) is 7.41. The summed E-state index contributed by atoms with van der Waals surface area (Å²) in [5.41, 5.74) is 9.02. The number of nitrogens with two attached hydrogens (primary N) is 1. The van der Waals surface area contributed by atoms with E-state index in [1.165, 1.54) is 12.4 Å². The molecule has 11 nitrogen and oxygen atoms in total. The molecular weight excluding hydrogens is 601 g/mol. The van der Waals surface area contributed by atoms with Crippen LogP contribution >= 0.6 is 0 Å². The van der Waals surface area contributed by atoms with E-state index in [9.17, 15) is 9.18 Å². The largest absolute Gasteiger partial charge is 0.489 e. The van der Waals surface area contributed by atoms with Crippen molar-refractivity contribution in [2.24, 2.45) is 0 Å². The molecule has 1 aromatic carbocycles. The van der Waals surface area contributed by atoms with Crippen molar-refractivity contribution in [2.75, 3.05) is 18.8 Å². The Morgan fingerprint density at radius 2 is 1.85 bits per heavy atom. The second-order valence-electron chi connectivity index (χ2n) is 12.4. The second kappa shape index (κ2) is 14.0. The van der Waals surface area contributed by atoms with Crippen LogP contribution in [0.5, 0.6) is 5.75 Å². The first-order valence-electron chi connectivity index (χ1n) is 15.4. The van der Waals surface area contributed by atoms with Crippen LogP contribution in [0.1, 0.15) is 58.0 Å². The SMILES string of the molecule is C=C(F)/C=C(\C=C(/C)Oc1ccc(-c2cn(C3CCCN(C(=O)OC(C)(C)C)C3)c3ncnc(N)c23)cc1)OCc1cnc(C)nc1. The van der Waals surface area contributed by atoms with Crippen LogP contribution in [-0.2, 0) is 16.1 Å². The maximum Gasteiger partial charge on any atom is 0.410 e. The Kier molecular flexibility index (Phi) is 9.88. The fourth-order valence-electron chi connectivity index (χ4n) is 5.34. The van der Waals surface area contributed by atoms with E-state index in [1.54, 1.807) is 37.2 Å². The van der Waals surface area contributed by atoms with Gasteiger partial charge in [-0.3, -0.25) is 0 Å². The summed E-state index contributed by atoms with van der Waals surface area (Å²) in [6.07, 6.45) is 11.0. The second-order valence-corrected chi connectivity index (χ2v) is 12.4. The zero-order valence-corrected chi connectivity index (χ0v) is 27.4. The third-order valence-electron chi connectivity index (χ3n) is 7.41. The highest BCUT2D eigenvalue weighted by Crippen LogP contribution is 2.37. The van der Waals surface area contributed by atoms with Crippen LogP contribution in [0.3, 0.4) is 0 Å². The van der Waals surface area contributed by atoms with E-state index < -0.39 is 11.4 Å². The standard InChI is InChI=1S/C35H40FN7O4/c1-22(36)14-29(45-20-25-16-38-24(3)39-17-25)15-23(2)46-28-11-9-26(10-12-28)30-19-43(33-31(30)32(37)40-21-41-33)27-8-7-13-42(18-27)34(44)47-35(4,5)6/h9-12,14-17,19,21,27H,1,7-8,13,18,20H2,2-6H3,(H2,37,40,41)/b23-15+,29-14+. The van der Waals surface area contributed by atoms with Gasteiger partial charge in [-0.1, -0.05) is 18.7 Å². The number of aryl methyl sites for hydroxylation is 1. The number of hydrogen-bond donors (Lipinski definition) is 1. The molecule has 1 aliphatic rings. The first-order valence-corrected chi connectivity index (χ1v) is 15.4. The number of amides is 1. The van der Waals surface area contributed by atoms with Crippen LogP contribution < -0.4 is 10.5 Å². The number of hydrogen-bond acceptors (Lipinski definition) is 9. The lowest BCUT2D eigenvalue weighted by molar-refractivity contribution is 0.0174. The van der Waals surface area contributed by atoms with E-state index in [-0.39, 0.29) is 24.5 Å². The lowest BCUT2D eigenvalue weighted by Crippen LogP contribution is -2.43. The Balaban J connectivity index is 1.34. The average Bonchev–Trinajstić information content (AvgIpc) is 3.41. The Hall–Kier alpha value is -5.26. The van der Waals surface area contributed by atoms with Gasteiger partial charge < -0.3 is 29.4 Å². The predicted molar refractivity (Wildman–Crippen MR) is 178 cm³/mol. The molecule has 12 heteroatoms. The molecule has 0 radical (unpaired) electrons. The first kappa shape index (κ1) is 33.1. The minimum Gasteiger partial charge on any atom is -0.489 e. The van der Waals surface area contributed by atoms with Gasteiger partial charge in [-0.25, -0.2) is 29.1 Å². The minimum atomic E-state index is -0.651. The van der Waals surface area contributed by atoms with Gasteiger partial charge in [0, 0.05) is 55.0 Å². The van der Waals surface area contributed by atoms with Crippen LogP contribution in [0, 0.1) is 6.92 Å². The van der Waals surface area contributed by atoms with Crippen LogP contribution in [0.4, 0.5) is 15.0 Å². The highest BCUT2D eigenvalue weighted by molar-refractivity contribution is 6.00. The average molecular weight is 642 g/mol. The number of piperidine rings is 1. The first-order chi connectivity index (χ1) is 22.4. The lowest BCUT2D eigenvalue weighted by atomic mass is 10.1. The van der Waals surface area contributed by atoms with Gasteiger partial charge in [-0.2, -0.15) is 0 Å². The molecule has 0 bridgehead atoms. The Morgan fingerprint density at radius 1 is 1.13 bits per heavy atom. The number of carbonyl (C=O) groups excluding carboxylic acids is 1. The molecule has 1 saturated heterocycles. The van der Waals surface area contributed by atoms with Gasteiger partial charge in [0.1, 0.15) is 58.9 Å². The maximum atomic E-state index is 13.7. The number of carbonyl (C=O) groups is 1. The molecule has 1 aliphatic heterocycles. The molecule has 1 unspecified atom stereocenters. The number of ether oxygens (including phenoxy) is 3. The van der Waals surface area contributed by atoms with Crippen molar-refractivity contribution >= 4 is 22.9 Å². The van der Waals surface area contributed by atoms with E-state index in [2.05, 4.69) is 31.1 Å². The molecule has 246 valence electrons. The van der Waals surface area contributed by atoms with E-state index in [0.717, 1.165) is 34.9 Å². The number of anilines is 1. The van der Waals surface area contributed by atoms with Crippen molar-refractivity contribution in [3.8, 4) is 16.9 Å². The molecule has 1 atom stereocenters. The molecule has 5 rings (SSSR count). The van der Waals surface area contributed by atoms with Gasteiger partial charge in [0.25, 0.3) is 0 Å². The highest BCUT2D eigenvalue weighted by atomic mass is 19.1. The number of likely N-dealkylation sites (tertiary alicyclic amines) is 1. The fourth-order valence-corrected chi connectivity index (χ4v) is 5.34. The van der Waals surface area contributed by atoms with Gasteiger partial charge in [0.2, 0.25) is 0 Å². The number of benzene rings is 1. The van der Waals surface area contributed by atoms with Crippen LogP contribution in [-0.4, -0.2) is 54.2 Å².